The van der Waals surface area contributed by atoms with Gasteiger partial charge in [0.15, 0.2) is 0 Å². The number of pyridine rings is 2. The second-order valence-electron chi connectivity index (χ2n) is 8.55. The highest BCUT2D eigenvalue weighted by atomic mass is 16.5. The predicted molar refractivity (Wildman–Crippen MR) is 114 cm³/mol. The van der Waals surface area contributed by atoms with Gasteiger partial charge in [-0.15, -0.1) is 0 Å². The van der Waals surface area contributed by atoms with Crippen molar-refractivity contribution < 1.29 is 4.74 Å². The Hall–Kier alpha value is -2.02. The molecule has 6 heteroatoms. The molecule has 0 amide bonds. The zero-order chi connectivity index (χ0) is 19.6. The average Bonchev–Trinajstić information content (AvgIpc) is 2.79. The van der Waals surface area contributed by atoms with E-state index in [1.54, 1.807) is 0 Å². The number of ether oxygens (including phenoxy) is 1. The molecule has 0 bridgehead atoms. The van der Waals surface area contributed by atoms with Crippen LogP contribution in [-0.4, -0.2) is 60.8 Å². The van der Waals surface area contributed by atoms with Gasteiger partial charge in [0.2, 0.25) is 0 Å². The molecule has 2 aliphatic heterocycles. The highest BCUT2D eigenvalue weighted by Gasteiger charge is 2.29. The number of hydrogen-bond acceptors (Lipinski definition) is 6. The average molecular weight is 394 g/mol. The van der Waals surface area contributed by atoms with Gasteiger partial charge in [0.1, 0.15) is 5.82 Å². The summed E-state index contributed by atoms with van der Waals surface area (Å²) in [6.07, 6.45) is 8.55. The van der Waals surface area contributed by atoms with E-state index in [-0.39, 0.29) is 0 Å². The molecule has 0 aromatic carbocycles. The fraction of sp³-hybridized carbons (Fsp3) is 0.565. The third-order valence-corrected chi connectivity index (χ3v) is 6.68. The molecule has 154 valence electrons. The van der Waals surface area contributed by atoms with Gasteiger partial charge in [-0.2, -0.15) is 0 Å². The van der Waals surface area contributed by atoms with Crippen LogP contribution in [0.2, 0.25) is 0 Å². The number of fused-ring (bicyclic) bond motifs is 2. The van der Waals surface area contributed by atoms with Gasteiger partial charge < -0.3 is 15.0 Å². The summed E-state index contributed by atoms with van der Waals surface area (Å²) < 4.78 is 5.54. The minimum absolute atomic E-state index is 0.427. The van der Waals surface area contributed by atoms with Gasteiger partial charge in [-0.25, -0.2) is 4.98 Å². The Labute approximate surface area is 173 Å². The van der Waals surface area contributed by atoms with Gasteiger partial charge in [0.05, 0.1) is 24.9 Å². The van der Waals surface area contributed by atoms with Crippen molar-refractivity contribution in [1.29, 1.82) is 0 Å². The van der Waals surface area contributed by atoms with Crippen molar-refractivity contribution in [2.24, 2.45) is 0 Å². The molecule has 3 aliphatic rings. The van der Waals surface area contributed by atoms with Crippen LogP contribution in [0.25, 0.3) is 0 Å². The minimum Gasteiger partial charge on any atom is -0.378 e. The van der Waals surface area contributed by atoms with Crippen molar-refractivity contribution in [1.82, 2.24) is 20.2 Å². The van der Waals surface area contributed by atoms with E-state index in [1.807, 2.05) is 12.4 Å². The molecule has 2 aromatic rings. The van der Waals surface area contributed by atoms with Crippen molar-refractivity contribution >= 4 is 5.82 Å². The summed E-state index contributed by atoms with van der Waals surface area (Å²) in [6, 6.07) is 7.35. The Morgan fingerprint density at radius 3 is 2.97 bits per heavy atom. The summed E-state index contributed by atoms with van der Waals surface area (Å²) in [6.45, 7) is 5.41. The molecule has 29 heavy (non-hydrogen) atoms. The number of aromatic nitrogens is 2. The number of anilines is 1. The smallest absolute Gasteiger partial charge is 0.132 e. The first-order valence-electron chi connectivity index (χ1n) is 11.0. The van der Waals surface area contributed by atoms with Crippen molar-refractivity contribution in [2.45, 2.75) is 44.3 Å². The first-order chi connectivity index (χ1) is 14.3. The summed E-state index contributed by atoms with van der Waals surface area (Å²) in [4.78, 5) is 14.4. The Morgan fingerprint density at radius 1 is 1.17 bits per heavy atom. The molecule has 1 N–H and O–H groups in total. The van der Waals surface area contributed by atoms with E-state index in [0.29, 0.717) is 12.1 Å². The SMILES string of the molecule is CN(C[C@@H]1Cc2c(ccnc2N2CCOCC2)CN1)[C@H]1CCCc2cccnc21. The van der Waals surface area contributed by atoms with E-state index in [9.17, 15) is 0 Å². The molecule has 0 radical (unpaired) electrons. The van der Waals surface area contributed by atoms with Crippen LogP contribution in [0.5, 0.6) is 0 Å². The number of nitrogens with zero attached hydrogens (tertiary/aromatic N) is 4. The standard InChI is InChI=1S/C23H31N5O/c1-27(21-6-2-4-17-5-3-8-24-22(17)21)16-19-14-20-18(15-26-19)7-9-25-23(20)28-10-12-29-13-11-28/h3,5,7-9,19,21,26H,2,4,6,10-16H2,1H3/t19-,21-/m0/s1. The number of hydrogen-bond donors (Lipinski definition) is 1. The molecular weight excluding hydrogens is 362 g/mol. The van der Waals surface area contributed by atoms with Crippen LogP contribution in [0.15, 0.2) is 30.6 Å². The Morgan fingerprint density at radius 2 is 2.07 bits per heavy atom. The van der Waals surface area contributed by atoms with E-state index in [2.05, 4.69) is 40.4 Å². The molecule has 0 unspecified atom stereocenters. The van der Waals surface area contributed by atoms with E-state index < -0.39 is 0 Å². The number of nitrogens with one attached hydrogen (secondary N) is 1. The molecule has 1 aliphatic carbocycles. The lowest BCUT2D eigenvalue weighted by Gasteiger charge is -2.37. The van der Waals surface area contributed by atoms with Crippen LogP contribution >= 0.6 is 0 Å². The number of aryl methyl sites for hydroxylation is 1. The molecule has 2 aromatic heterocycles. The van der Waals surface area contributed by atoms with E-state index in [4.69, 9.17) is 14.7 Å². The topological polar surface area (TPSA) is 53.5 Å². The second-order valence-corrected chi connectivity index (χ2v) is 8.55. The van der Waals surface area contributed by atoms with Crippen LogP contribution in [0.4, 0.5) is 5.82 Å². The van der Waals surface area contributed by atoms with Crippen molar-refractivity contribution in [2.75, 3.05) is 44.8 Å². The van der Waals surface area contributed by atoms with Crippen molar-refractivity contribution in [3.8, 4) is 0 Å². The molecule has 0 saturated carbocycles. The Bertz CT molecular complexity index is 851. The molecule has 6 nitrogen and oxygen atoms in total. The van der Waals surface area contributed by atoms with Crippen LogP contribution in [0, 0.1) is 0 Å². The molecule has 1 saturated heterocycles. The van der Waals surface area contributed by atoms with Gasteiger partial charge in [-0.3, -0.25) is 9.88 Å². The third kappa shape index (κ3) is 3.89. The second kappa shape index (κ2) is 8.38. The van der Waals surface area contributed by atoms with E-state index in [1.165, 1.54) is 41.0 Å². The summed E-state index contributed by atoms with van der Waals surface area (Å²) in [5.41, 5.74) is 5.53. The van der Waals surface area contributed by atoms with Crippen LogP contribution in [0.3, 0.4) is 0 Å². The lowest BCUT2D eigenvalue weighted by molar-refractivity contribution is 0.122. The molecule has 5 rings (SSSR count). The summed E-state index contributed by atoms with van der Waals surface area (Å²) in [7, 11) is 2.26. The monoisotopic (exact) mass is 393 g/mol. The zero-order valence-corrected chi connectivity index (χ0v) is 17.3. The lowest BCUT2D eigenvalue weighted by Crippen LogP contribution is -2.46. The van der Waals surface area contributed by atoms with Crippen LogP contribution in [0.1, 0.15) is 41.3 Å². The number of likely N-dealkylation sites (N-methyl/N-ethyl adjacent to an activating group) is 1. The van der Waals surface area contributed by atoms with E-state index in [0.717, 1.165) is 52.2 Å². The first kappa shape index (κ1) is 19.0. The van der Waals surface area contributed by atoms with Crippen LogP contribution in [-0.2, 0) is 24.1 Å². The maximum Gasteiger partial charge on any atom is 0.132 e. The fourth-order valence-corrected chi connectivity index (χ4v) is 5.15. The summed E-state index contributed by atoms with van der Waals surface area (Å²) in [5, 5.41) is 3.77. The third-order valence-electron chi connectivity index (χ3n) is 6.68. The Kier molecular flexibility index (Phi) is 5.48. The Balaban J connectivity index is 1.31. The van der Waals surface area contributed by atoms with Gasteiger partial charge in [-0.05, 0) is 56.0 Å². The highest BCUT2D eigenvalue weighted by molar-refractivity contribution is 5.52. The molecule has 0 spiro atoms. The van der Waals surface area contributed by atoms with Gasteiger partial charge >= 0.3 is 0 Å². The van der Waals surface area contributed by atoms with Crippen LogP contribution < -0.4 is 10.2 Å². The maximum atomic E-state index is 5.54. The van der Waals surface area contributed by atoms with Gasteiger partial charge in [0.25, 0.3) is 0 Å². The van der Waals surface area contributed by atoms with Crippen molar-refractivity contribution in [3.63, 3.8) is 0 Å². The quantitative estimate of drug-likeness (QED) is 0.861. The molecular formula is C23H31N5O. The highest BCUT2D eigenvalue weighted by Crippen LogP contribution is 2.33. The zero-order valence-electron chi connectivity index (χ0n) is 17.3. The summed E-state index contributed by atoms with van der Waals surface area (Å²) in [5.74, 6) is 1.17. The minimum atomic E-state index is 0.427. The number of morpholine rings is 1. The molecule has 2 atom stereocenters. The molecule has 4 heterocycles. The molecule has 1 fully saturated rings. The van der Waals surface area contributed by atoms with Crippen molar-refractivity contribution in [3.05, 3.63) is 53.0 Å². The normalized spacial score (nSPS) is 24.3. The first-order valence-corrected chi connectivity index (χ1v) is 11.0. The summed E-state index contributed by atoms with van der Waals surface area (Å²) >= 11 is 0. The maximum absolute atomic E-state index is 5.54. The van der Waals surface area contributed by atoms with Gasteiger partial charge in [0, 0.05) is 50.2 Å². The fourth-order valence-electron chi connectivity index (χ4n) is 5.15. The van der Waals surface area contributed by atoms with E-state index >= 15 is 0 Å². The number of rotatable bonds is 4. The lowest BCUT2D eigenvalue weighted by atomic mass is 9.90. The van der Waals surface area contributed by atoms with Gasteiger partial charge in [-0.1, -0.05) is 6.07 Å². The largest absolute Gasteiger partial charge is 0.378 e. The predicted octanol–water partition coefficient (Wildman–Crippen LogP) is 2.34.